The maximum atomic E-state index is 5.44. The van der Waals surface area contributed by atoms with Gasteiger partial charge in [-0.05, 0) is 18.6 Å². The van der Waals surface area contributed by atoms with Crippen LogP contribution in [0.5, 0.6) is 0 Å². The number of nitrogens with one attached hydrogen (secondary N) is 1. The zero-order valence-corrected chi connectivity index (χ0v) is 12.2. The van der Waals surface area contributed by atoms with Gasteiger partial charge in [-0.3, -0.25) is 9.80 Å². The molecule has 0 radical (unpaired) electrons. The standard InChI is InChI=1S/C15H24N4O/c1-16-15-4-2-3-13(17-15)11-18-6-5-14(12-18)19-7-9-20-10-8-19/h2-4,14H,5-12H2,1H3,(H,16,17). The molecule has 5 heteroatoms. The molecule has 2 aliphatic rings. The van der Waals surface area contributed by atoms with Crippen molar-refractivity contribution >= 4 is 5.82 Å². The fourth-order valence-electron chi connectivity index (χ4n) is 3.13. The summed E-state index contributed by atoms with van der Waals surface area (Å²) in [5.41, 5.74) is 1.15. The van der Waals surface area contributed by atoms with Crippen molar-refractivity contribution in [2.24, 2.45) is 0 Å². The smallest absolute Gasteiger partial charge is 0.126 e. The van der Waals surface area contributed by atoms with E-state index in [4.69, 9.17) is 4.74 Å². The lowest BCUT2D eigenvalue weighted by molar-refractivity contribution is 0.0183. The number of nitrogens with zero attached hydrogens (tertiary/aromatic N) is 3. The average Bonchev–Trinajstić information content (AvgIpc) is 2.97. The third kappa shape index (κ3) is 3.29. The first-order valence-electron chi connectivity index (χ1n) is 7.53. The summed E-state index contributed by atoms with van der Waals surface area (Å²) >= 11 is 0. The molecule has 1 atom stereocenters. The molecule has 0 bridgehead atoms. The summed E-state index contributed by atoms with van der Waals surface area (Å²) < 4.78 is 5.44. The quantitative estimate of drug-likeness (QED) is 0.889. The second-order valence-corrected chi connectivity index (χ2v) is 5.59. The van der Waals surface area contributed by atoms with Crippen molar-refractivity contribution in [3.05, 3.63) is 23.9 Å². The molecule has 3 heterocycles. The Hall–Kier alpha value is -1.17. The van der Waals surface area contributed by atoms with E-state index in [0.29, 0.717) is 6.04 Å². The molecule has 0 aliphatic carbocycles. The zero-order chi connectivity index (χ0) is 13.8. The Morgan fingerprint density at radius 3 is 2.95 bits per heavy atom. The first kappa shape index (κ1) is 13.8. The van der Waals surface area contributed by atoms with Crippen molar-refractivity contribution in [3.8, 4) is 0 Å². The van der Waals surface area contributed by atoms with Crippen LogP contribution in [0.2, 0.25) is 0 Å². The highest BCUT2D eigenvalue weighted by Gasteiger charge is 2.28. The summed E-state index contributed by atoms with van der Waals surface area (Å²) in [6, 6.07) is 6.89. The molecule has 0 amide bonds. The van der Waals surface area contributed by atoms with Gasteiger partial charge in [0.1, 0.15) is 5.82 Å². The molecule has 2 fully saturated rings. The number of hydrogen-bond acceptors (Lipinski definition) is 5. The number of rotatable bonds is 4. The molecule has 0 spiro atoms. The molecule has 2 aliphatic heterocycles. The van der Waals surface area contributed by atoms with Crippen molar-refractivity contribution < 1.29 is 4.74 Å². The van der Waals surface area contributed by atoms with Crippen LogP contribution in [0.4, 0.5) is 5.82 Å². The predicted molar refractivity (Wildman–Crippen MR) is 79.9 cm³/mol. The maximum Gasteiger partial charge on any atom is 0.126 e. The average molecular weight is 276 g/mol. The molecule has 1 N–H and O–H groups in total. The Bertz CT molecular complexity index is 434. The molecular formula is C15H24N4O. The normalized spacial score (nSPS) is 24.9. The fourth-order valence-corrected chi connectivity index (χ4v) is 3.13. The first-order chi connectivity index (χ1) is 9.85. The number of morpholine rings is 1. The first-order valence-corrected chi connectivity index (χ1v) is 7.53. The van der Waals surface area contributed by atoms with Crippen LogP contribution in [0.25, 0.3) is 0 Å². The Morgan fingerprint density at radius 2 is 2.15 bits per heavy atom. The zero-order valence-electron chi connectivity index (χ0n) is 12.2. The fraction of sp³-hybridized carbons (Fsp3) is 0.667. The molecule has 3 rings (SSSR count). The minimum Gasteiger partial charge on any atom is -0.379 e. The lowest BCUT2D eigenvalue weighted by Gasteiger charge is -2.32. The van der Waals surface area contributed by atoms with Gasteiger partial charge in [-0.15, -0.1) is 0 Å². The highest BCUT2D eigenvalue weighted by molar-refractivity contribution is 5.34. The molecule has 0 aromatic carbocycles. The van der Waals surface area contributed by atoms with E-state index in [2.05, 4.69) is 32.2 Å². The van der Waals surface area contributed by atoms with E-state index in [1.54, 1.807) is 0 Å². The van der Waals surface area contributed by atoms with Gasteiger partial charge in [-0.1, -0.05) is 6.07 Å². The molecule has 1 aromatic heterocycles. The van der Waals surface area contributed by atoms with Gasteiger partial charge in [0.15, 0.2) is 0 Å². The Morgan fingerprint density at radius 1 is 1.30 bits per heavy atom. The SMILES string of the molecule is CNc1cccc(CN2CCC(N3CCOCC3)C2)n1. The summed E-state index contributed by atoms with van der Waals surface area (Å²) in [7, 11) is 1.91. The van der Waals surface area contributed by atoms with Crippen LogP contribution in [-0.4, -0.2) is 67.3 Å². The summed E-state index contributed by atoms with van der Waals surface area (Å²) in [5, 5.41) is 3.10. The minimum atomic E-state index is 0.700. The van der Waals surface area contributed by atoms with E-state index >= 15 is 0 Å². The monoisotopic (exact) mass is 276 g/mol. The summed E-state index contributed by atoms with van der Waals surface area (Å²) in [6.45, 7) is 7.25. The van der Waals surface area contributed by atoms with Gasteiger partial charge in [-0.2, -0.15) is 0 Å². The molecule has 20 heavy (non-hydrogen) atoms. The number of likely N-dealkylation sites (tertiary alicyclic amines) is 1. The van der Waals surface area contributed by atoms with E-state index in [9.17, 15) is 0 Å². The molecular weight excluding hydrogens is 252 g/mol. The second-order valence-electron chi connectivity index (χ2n) is 5.59. The predicted octanol–water partition coefficient (Wildman–Crippen LogP) is 1.03. The molecule has 2 saturated heterocycles. The van der Waals surface area contributed by atoms with Gasteiger partial charge in [0, 0.05) is 45.8 Å². The van der Waals surface area contributed by atoms with Crippen molar-refractivity contribution in [2.75, 3.05) is 51.8 Å². The van der Waals surface area contributed by atoms with E-state index in [-0.39, 0.29) is 0 Å². The maximum absolute atomic E-state index is 5.44. The molecule has 5 nitrogen and oxygen atoms in total. The van der Waals surface area contributed by atoms with Crippen LogP contribution < -0.4 is 5.32 Å². The van der Waals surface area contributed by atoms with Crippen LogP contribution in [0, 0.1) is 0 Å². The van der Waals surface area contributed by atoms with E-state index in [1.807, 2.05) is 13.1 Å². The van der Waals surface area contributed by atoms with Crippen molar-refractivity contribution in [1.29, 1.82) is 0 Å². The van der Waals surface area contributed by atoms with Crippen LogP contribution in [-0.2, 0) is 11.3 Å². The highest BCUT2D eigenvalue weighted by Crippen LogP contribution is 2.19. The third-order valence-corrected chi connectivity index (χ3v) is 4.26. The van der Waals surface area contributed by atoms with E-state index < -0.39 is 0 Å². The molecule has 1 unspecified atom stereocenters. The van der Waals surface area contributed by atoms with E-state index in [1.165, 1.54) is 13.0 Å². The van der Waals surface area contributed by atoms with Crippen LogP contribution in [0.15, 0.2) is 18.2 Å². The number of ether oxygens (including phenoxy) is 1. The lowest BCUT2D eigenvalue weighted by atomic mass is 10.2. The van der Waals surface area contributed by atoms with Crippen LogP contribution in [0.1, 0.15) is 12.1 Å². The number of hydrogen-bond donors (Lipinski definition) is 1. The largest absolute Gasteiger partial charge is 0.379 e. The number of pyridine rings is 1. The summed E-state index contributed by atoms with van der Waals surface area (Å²) in [5.74, 6) is 0.950. The molecule has 110 valence electrons. The summed E-state index contributed by atoms with van der Waals surface area (Å²) in [6.07, 6.45) is 1.27. The van der Waals surface area contributed by atoms with Gasteiger partial charge in [0.2, 0.25) is 0 Å². The van der Waals surface area contributed by atoms with Gasteiger partial charge in [-0.25, -0.2) is 4.98 Å². The van der Waals surface area contributed by atoms with Gasteiger partial charge in [0.25, 0.3) is 0 Å². The van der Waals surface area contributed by atoms with Crippen molar-refractivity contribution in [3.63, 3.8) is 0 Å². The Labute approximate surface area is 120 Å². The summed E-state index contributed by atoms with van der Waals surface area (Å²) in [4.78, 5) is 9.71. The van der Waals surface area contributed by atoms with Gasteiger partial charge in [0.05, 0.1) is 18.9 Å². The second kappa shape index (κ2) is 6.52. The minimum absolute atomic E-state index is 0.700. The van der Waals surface area contributed by atoms with E-state index in [0.717, 1.165) is 50.9 Å². The third-order valence-electron chi connectivity index (χ3n) is 4.26. The lowest BCUT2D eigenvalue weighted by Crippen LogP contribution is -2.44. The van der Waals surface area contributed by atoms with Gasteiger partial charge < -0.3 is 10.1 Å². The Balaban J connectivity index is 1.54. The topological polar surface area (TPSA) is 40.6 Å². The highest BCUT2D eigenvalue weighted by atomic mass is 16.5. The van der Waals surface area contributed by atoms with Gasteiger partial charge >= 0.3 is 0 Å². The number of anilines is 1. The molecule has 1 aromatic rings. The number of aromatic nitrogens is 1. The van der Waals surface area contributed by atoms with Crippen LogP contribution >= 0.6 is 0 Å². The van der Waals surface area contributed by atoms with Crippen molar-refractivity contribution in [1.82, 2.24) is 14.8 Å². The van der Waals surface area contributed by atoms with Crippen LogP contribution in [0.3, 0.4) is 0 Å². The Kier molecular flexibility index (Phi) is 4.50. The molecule has 0 saturated carbocycles. The van der Waals surface area contributed by atoms with Crippen molar-refractivity contribution in [2.45, 2.75) is 19.0 Å².